The molecule has 0 bridgehead atoms. The first-order valence-electron chi connectivity index (χ1n) is 5.61. The number of ether oxygens (including phenoxy) is 1. The summed E-state index contributed by atoms with van der Waals surface area (Å²) in [4.78, 5) is 24.2. The van der Waals surface area contributed by atoms with Crippen LogP contribution in [-0.2, 0) is 14.3 Å². The average Bonchev–Trinajstić information content (AvgIpc) is 2.28. The maximum atomic E-state index is 11.6. The minimum atomic E-state index is -0.914. The van der Waals surface area contributed by atoms with Crippen LogP contribution in [-0.4, -0.2) is 48.2 Å². The van der Waals surface area contributed by atoms with E-state index in [4.69, 9.17) is 9.84 Å². The molecule has 1 amide bonds. The van der Waals surface area contributed by atoms with E-state index in [0.717, 1.165) is 12.8 Å². The molecule has 1 heterocycles. The molecule has 0 spiro atoms. The number of hydrogen-bond donors (Lipinski definition) is 1. The van der Waals surface area contributed by atoms with Crippen molar-refractivity contribution >= 4 is 11.9 Å². The summed E-state index contributed by atoms with van der Waals surface area (Å²) in [5.41, 5.74) is 0. The molecule has 0 aromatic rings. The summed E-state index contributed by atoms with van der Waals surface area (Å²) < 4.78 is 4.75. The Hall–Kier alpha value is -1.10. The third kappa shape index (κ3) is 2.95. The molecule has 2 unspecified atom stereocenters. The van der Waals surface area contributed by atoms with Crippen molar-refractivity contribution in [2.75, 3.05) is 20.3 Å². The van der Waals surface area contributed by atoms with Crippen LogP contribution in [0.4, 0.5) is 0 Å². The predicted octanol–water partition coefficient (Wildman–Crippen LogP) is 0.735. The zero-order valence-corrected chi connectivity index (χ0v) is 9.81. The molecule has 1 aliphatic heterocycles. The fourth-order valence-corrected chi connectivity index (χ4v) is 2.15. The van der Waals surface area contributed by atoms with Crippen LogP contribution in [0.25, 0.3) is 0 Å². The second-order valence-electron chi connectivity index (χ2n) is 4.17. The fourth-order valence-electron chi connectivity index (χ4n) is 2.15. The van der Waals surface area contributed by atoms with Crippen molar-refractivity contribution in [1.82, 2.24) is 4.90 Å². The minimum Gasteiger partial charge on any atom is -0.480 e. The van der Waals surface area contributed by atoms with Gasteiger partial charge in [-0.1, -0.05) is 13.3 Å². The zero-order chi connectivity index (χ0) is 12.1. The van der Waals surface area contributed by atoms with Crippen LogP contribution in [0.3, 0.4) is 0 Å². The van der Waals surface area contributed by atoms with E-state index in [2.05, 4.69) is 6.92 Å². The number of carbonyl (C=O) groups excluding carboxylic acids is 1. The Morgan fingerprint density at radius 1 is 1.50 bits per heavy atom. The lowest BCUT2D eigenvalue weighted by Gasteiger charge is -2.36. The number of carboxylic acid groups (broad SMARTS) is 1. The van der Waals surface area contributed by atoms with Crippen molar-refractivity contribution in [1.29, 1.82) is 0 Å². The standard InChI is InChI=1S/C11H19NO4/c1-3-8-4-5-12(10(13)7-16-2)9(6-8)11(14)15/h8-9H,3-7H2,1-2H3,(H,14,15). The predicted molar refractivity (Wildman–Crippen MR) is 58.0 cm³/mol. The topological polar surface area (TPSA) is 66.8 Å². The smallest absolute Gasteiger partial charge is 0.326 e. The van der Waals surface area contributed by atoms with Crippen LogP contribution in [0.5, 0.6) is 0 Å². The summed E-state index contributed by atoms with van der Waals surface area (Å²) >= 11 is 0. The zero-order valence-electron chi connectivity index (χ0n) is 9.81. The van der Waals surface area contributed by atoms with Gasteiger partial charge in [-0.15, -0.1) is 0 Å². The monoisotopic (exact) mass is 229 g/mol. The number of hydrogen-bond acceptors (Lipinski definition) is 3. The number of likely N-dealkylation sites (tertiary alicyclic amines) is 1. The van der Waals surface area contributed by atoms with E-state index in [1.165, 1.54) is 12.0 Å². The number of nitrogens with zero attached hydrogens (tertiary/aromatic N) is 1. The van der Waals surface area contributed by atoms with E-state index in [9.17, 15) is 9.59 Å². The van der Waals surface area contributed by atoms with Crippen LogP contribution >= 0.6 is 0 Å². The lowest BCUT2D eigenvalue weighted by molar-refractivity contribution is -0.154. The van der Waals surface area contributed by atoms with Crippen molar-refractivity contribution in [2.45, 2.75) is 32.2 Å². The number of methoxy groups -OCH3 is 1. The van der Waals surface area contributed by atoms with Crippen LogP contribution in [0.15, 0.2) is 0 Å². The van der Waals surface area contributed by atoms with Gasteiger partial charge < -0.3 is 14.7 Å². The van der Waals surface area contributed by atoms with Gasteiger partial charge in [0.2, 0.25) is 5.91 Å². The van der Waals surface area contributed by atoms with E-state index in [1.54, 1.807) is 0 Å². The molecule has 1 rings (SSSR count). The molecule has 0 saturated carbocycles. The van der Waals surface area contributed by atoms with Gasteiger partial charge in [-0.3, -0.25) is 4.79 Å². The second-order valence-corrected chi connectivity index (χ2v) is 4.17. The van der Waals surface area contributed by atoms with E-state index < -0.39 is 12.0 Å². The van der Waals surface area contributed by atoms with Gasteiger partial charge in [0.05, 0.1) is 0 Å². The Labute approximate surface area is 95.4 Å². The van der Waals surface area contributed by atoms with Crippen LogP contribution in [0.1, 0.15) is 26.2 Å². The van der Waals surface area contributed by atoms with Crippen molar-refractivity contribution < 1.29 is 19.4 Å². The first-order valence-corrected chi connectivity index (χ1v) is 5.61. The SMILES string of the molecule is CCC1CCN(C(=O)COC)C(C(=O)O)C1. The van der Waals surface area contributed by atoms with Crippen molar-refractivity contribution in [3.05, 3.63) is 0 Å². The molecular formula is C11H19NO4. The molecule has 16 heavy (non-hydrogen) atoms. The van der Waals surface area contributed by atoms with Crippen LogP contribution in [0.2, 0.25) is 0 Å². The van der Waals surface area contributed by atoms with E-state index in [1.807, 2.05) is 0 Å². The van der Waals surface area contributed by atoms with Gasteiger partial charge in [-0.25, -0.2) is 4.79 Å². The molecule has 1 aliphatic rings. The Morgan fingerprint density at radius 3 is 2.69 bits per heavy atom. The average molecular weight is 229 g/mol. The molecule has 5 nitrogen and oxygen atoms in total. The minimum absolute atomic E-state index is 0.0411. The second kappa shape index (κ2) is 5.84. The van der Waals surface area contributed by atoms with Crippen molar-refractivity contribution in [3.63, 3.8) is 0 Å². The highest BCUT2D eigenvalue weighted by Crippen LogP contribution is 2.25. The molecule has 0 aliphatic carbocycles. The lowest BCUT2D eigenvalue weighted by atomic mass is 9.89. The number of carbonyl (C=O) groups is 2. The van der Waals surface area contributed by atoms with Crippen molar-refractivity contribution in [3.8, 4) is 0 Å². The summed E-state index contributed by atoms with van der Waals surface area (Å²) in [6.07, 6.45) is 2.41. The van der Waals surface area contributed by atoms with Gasteiger partial charge in [0.25, 0.3) is 0 Å². The van der Waals surface area contributed by atoms with Crippen molar-refractivity contribution in [2.24, 2.45) is 5.92 Å². The summed E-state index contributed by atoms with van der Waals surface area (Å²) in [5.74, 6) is -0.736. The van der Waals surface area contributed by atoms with E-state index >= 15 is 0 Å². The summed E-state index contributed by atoms with van der Waals surface area (Å²) in [6, 6.07) is -0.679. The van der Waals surface area contributed by atoms with E-state index in [0.29, 0.717) is 18.9 Å². The Morgan fingerprint density at radius 2 is 2.19 bits per heavy atom. The Bertz CT molecular complexity index is 267. The normalized spacial score (nSPS) is 25.5. The molecule has 5 heteroatoms. The first kappa shape index (κ1) is 13.0. The van der Waals surface area contributed by atoms with Crippen LogP contribution < -0.4 is 0 Å². The maximum Gasteiger partial charge on any atom is 0.326 e. The summed E-state index contributed by atoms with van der Waals surface area (Å²) in [5, 5.41) is 9.10. The largest absolute Gasteiger partial charge is 0.480 e. The van der Waals surface area contributed by atoms with Crippen LogP contribution in [0, 0.1) is 5.92 Å². The van der Waals surface area contributed by atoms with Gasteiger partial charge in [0, 0.05) is 13.7 Å². The third-order valence-electron chi connectivity index (χ3n) is 3.16. The molecule has 1 N–H and O–H groups in total. The summed E-state index contributed by atoms with van der Waals surface area (Å²) in [7, 11) is 1.44. The number of piperidine rings is 1. The number of carboxylic acids is 1. The highest BCUT2D eigenvalue weighted by atomic mass is 16.5. The van der Waals surface area contributed by atoms with Gasteiger partial charge >= 0.3 is 5.97 Å². The highest BCUT2D eigenvalue weighted by molar-refractivity contribution is 5.84. The number of amides is 1. The van der Waals surface area contributed by atoms with Gasteiger partial charge in [-0.05, 0) is 18.8 Å². The van der Waals surface area contributed by atoms with Gasteiger partial charge in [0.15, 0.2) is 0 Å². The lowest BCUT2D eigenvalue weighted by Crippen LogP contribution is -2.51. The first-order chi connectivity index (χ1) is 7.60. The Balaban J connectivity index is 2.68. The summed E-state index contributed by atoms with van der Waals surface area (Å²) in [6.45, 7) is 2.54. The highest BCUT2D eigenvalue weighted by Gasteiger charge is 2.35. The molecule has 2 atom stereocenters. The molecule has 0 aromatic heterocycles. The third-order valence-corrected chi connectivity index (χ3v) is 3.16. The van der Waals surface area contributed by atoms with E-state index in [-0.39, 0.29) is 12.5 Å². The molecular weight excluding hydrogens is 210 g/mol. The Kier molecular flexibility index (Phi) is 4.73. The molecule has 92 valence electrons. The van der Waals surface area contributed by atoms with Gasteiger partial charge in [0.1, 0.15) is 12.6 Å². The molecule has 0 aromatic carbocycles. The molecule has 1 saturated heterocycles. The molecule has 0 radical (unpaired) electrons. The van der Waals surface area contributed by atoms with Gasteiger partial charge in [-0.2, -0.15) is 0 Å². The number of rotatable bonds is 4. The fraction of sp³-hybridized carbons (Fsp3) is 0.818. The number of aliphatic carboxylic acids is 1. The molecule has 1 fully saturated rings. The quantitative estimate of drug-likeness (QED) is 0.772. The maximum absolute atomic E-state index is 11.6.